The van der Waals surface area contributed by atoms with E-state index in [-0.39, 0.29) is 0 Å². The van der Waals surface area contributed by atoms with E-state index in [4.69, 9.17) is 0 Å². The third kappa shape index (κ3) is 24.1. The molecule has 0 aliphatic rings. The summed E-state index contributed by atoms with van der Waals surface area (Å²) in [6.07, 6.45) is 36.2. The van der Waals surface area contributed by atoms with E-state index in [1.165, 1.54) is 154 Å². The molecule has 1 radical (unpaired) electrons. The number of unbranched alkanes of at least 4 members (excludes halogenated alkanes) is 19. The lowest BCUT2D eigenvalue weighted by Crippen LogP contribution is -2.01. The normalized spacial score (nSPS) is 12.5. The molecule has 0 fully saturated rings. The summed E-state index contributed by atoms with van der Waals surface area (Å²) >= 11 is 0. The first-order valence-corrected chi connectivity index (χ1v) is 14.1. The van der Waals surface area contributed by atoms with Crippen LogP contribution in [0.25, 0.3) is 0 Å². The zero-order valence-corrected chi connectivity index (χ0v) is 21.0. The van der Waals surface area contributed by atoms with Gasteiger partial charge >= 0.3 is 0 Å². The first kappa shape index (κ1) is 29.0. The predicted molar refractivity (Wildman–Crippen MR) is 136 cm³/mol. The van der Waals surface area contributed by atoms with Crippen molar-refractivity contribution >= 4 is 0 Å². The molecule has 0 heterocycles. The zero-order chi connectivity index (χ0) is 21.3. The highest BCUT2D eigenvalue weighted by Gasteiger charge is 2.07. The van der Waals surface area contributed by atoms with Gasteiger partial charge in [0.25, 0.3) is 0 Å². The van der Waals surface area contributed by atoms with Gasteiger partial charge in [0, 0.05) is 0 Å². The third-order valence-electron chi connectivity index (χ3n) is 6.79. The second-order valence-corrected chi connectivity index (χ2v) is 9.80. The van der Waals surface area contributed by atoms with Crippen molar-refractivity contribution in [3.05, 3.63) is 6.92 Å². The van der Waals surface area contributed by atoms with Crippen molar-refractivity contribution in [3.63, 3.8) is 0 Å². The summed E-state index contributed by atoms with van der Waals surface area (Å²) in [5.74, 6) is 1.000. The summed E-state index contributed by atoms with van der Waals surface area (Å²) in [4.78, 5) is 0. The van der Waals surface area contributed by atoms with Gasteiger partial charge in [0.05, 0.1) is 0 Å². The Balaban J connectivity index is 3.28. The maximum absolute atomic E-state index is 4.04. The van der Waals surface area contributed by atoms with Gasteiger partial charge < -0.3 is 0 Å². The molecule has 0 bridgehead atoms. The van der Waals surface area contributed by atoms with Gasteiger partial charge in [-0.1, -0.05) is 181 Å². The summed E-state index contributed by atoms with van der Waals surface area (Å²) in [6, 6.07) is 0. The quantitative estimate of drug-likeness (QED) is 0.132. The minimum Gasteiger partial charge on any atom is -0.0654 e. The molecule has 1 atom stereocenters. The maximum Gasteiger partial charge on any atom is -0.0414 e. The first-order valence-electron chi connectivity index (χ1n) is 14.1. The molecule has 175 valence electrons. The van der Waals surface area contributed by atoms with E-state index < -0.39 is 0 Å². The number of hydrogen-bond donors (Lipinski definition) is 0. The molecule has 0 saturated heterocycles. The van der Waals surface area contributed by atoms with Gasteiger partial charge in [0.15, 0.2) is 0 Å². The van der Waals surface area contributed by atoms with E-state index in [9.17, 15) is 0 Å². The smallest absolute Gasteiger partial charge is 0.0414 e. The van der Waals surface area contributed by atoms with Crippen LogP contribution in [0.5, 0.6) is 0 Å². The van der Waals surface area contributed by atoms with Crippen LogP contribution in [0.1, 0.15) is 174 Å². The lowest BCUT2D eigenvalue weighted by Gasteiger charge is -2.16. The zero-order valence-electron chi connectivity index (χ0n) is 21.0. The Hall–Kier alpha value is 0. The molecule has 0 spiro atoms. The van der Waals surface area contributed by atoms with Crippen molar-refractivity contribution in [1.82, 2.24) is 0 Å². The summed E-state index contributed by atoms with van der Waals surface area (Å²) < 4.78 is 0. The Morgan fingerprint density at radius 3 is 1.03 bits per heavy atom. The molecule has 0 aliphatic heterocycles. The van der Waals surface area contributed by atoms with Crippen LogP contribution in [0, 0.1) is 12.8 Å². The van der Waals surface area contributed by atoms with E-state index in [0.717, 1.165) is 12.3 Å². The molecule has 0 aromatic carbocycles. The van der Waals surface area contributed by atoms with E-state index >= 15 is 0 Å². The molecule has 0 aromatic heterocycles. The van der Waals surface area contributed by atoms with E-state index in [2.05, 4.69) is 20.8 Å². The van der Waals surface area contributed by atoms with Crippen LogP contribution in [0.3, 0.4) is 0 Å². The fourth-order valence-electron chi connectivity index (χ4n) is 4.71. The Labute approximate surface area is 187 Å². The SMILES string of the molecule is [CH2]CCCC(CCCCC)CCCCCCCCCCCCCCCCCCC. The molecule has 0 N–H and O–H groups in total. The van der Waals surface area contributed by atoms with E-state index in [1.807, 2.05) is 0 Å². The Morgan fingerprint density at radius 2 is 0.655 bits per heavy atom. The lowest BCUT2D eigenvalue weighted by atomic mass is 9.90. The number of rotatable bonds is 25. The van der Waals surface area contributed by atoms with Crippen LogP contribution >= 0.6 is 0 Å². The van der Waals surface area contributed by atoms with Gasteiger partial charge in [-0.15, -0.1) is 0 Å². The monoisotopic (exact) mass is 407 g/mol. The second-order valence-electron chi connectivity index (χ2n) is 9.80. The van der Waals surface area contributed by atoms with Crippen molar-refractivity contribution < 1.29 is 0 Å². The van der Waals surface area contributed by atoms with Crippen LogP contribution in [0.2, 0.25) is 0 Å². The Morgan fingerprint density at radius 1 is 0.379 bits per heavy atom. The van der Waals surface area contributed by atoms with Crippen molar-refractivity contribution in [2.24, 2.45) is 5.92 Å². The van der Waals surface area contributed by atoms with Gasteiger partial charge in [-0.25, -0.2) is 0 Å². The van der Waals surface area contributed by atoms with E-state index in [0.29, 0.717) is 0 Å². The van der Waals surface area contributed by atoms with Crippen LogP contribution in [-0.4, -0.2) is 0 Å². The Bertz CT molecular complexity index is 269. The molecule has 0 heteroatoms. The fraction of sp³-hybridized carbons (Fsp3) is 0.966. The van der Waals surface area contributed by atoms with Gasteiger partial charge in [0.1, 0.15) is 0 Å². The highest BCUT2D eigenvalue weighted by atomic mass is 14.1. The average molecular weight is 408 g/mol. The molecule has 0 nitrogen and oxygen atoms in total. The molecular weight excluding hydrogens is 348 g/mol. The summed E-state index contributed by atoms with van der Waals surface area (Å²) in [5.41, 5.74) is 0. The summed E-state index contributed by atoms with van der Waals surface area (Å²) in [6.45, 7) is 8.66. The van der Waals surface area contributed by atoms with Crippen LogP contribution in [-0.2, 0) is 0 Å². The molecule has 0 aliphatic carbocycles. The van der Waals surface area contributed by atoms with Gasteiger partial charge in [-0.3, -0.25) is 0 Å². The standard InChI is InChI=1S/C29H59/c1-4-7-10-11-12-13-14-15-16-17-18-19-20-21-22-23-25-28-29(26-9-6-3)27-24-8-5-2/h29H,3-28H2,1-2H3. The largest absolute Gasteiger partial charge is 0.0654 e. The molecule has 0 rings (SSSR count). The van der Waals surface area contributed by atoms with Crippen LogP contribution in [0.15, 0.2) is 0 Å². The van der Waals surface area contributed by atoms with Gasteiger partial charge in [-0.2, -0.15) is 0 Å². The molecule has 1 unspecified atom stereocenters. The van der Waals surface area contributed by atoms with E-state index in [1.54, 1.807) is 0 Å². The lowest BCUT2D eigenvalue weighted by molar-refractivity contribution is 0.375. The third-order valence-corrected chi connectivity index (χ3v) is 6.79. The highest BCUT2D eigenvalue weighted by molar-refractivity contribution is 4.62. The molecule has 0 amide bonds. The van der Waals surface area contributed by atoms with Crippen LogP contribution in [0.4, 0.5) is 0 Å². The molecule has 29 heavy (non-hydrogen) atoms. The predicted octanol–water partition coefficient (Wildman–Crippen LogP) is 11.2. The molecular formula is C29H59. The topological polar surface area (TPSA) is 0 Å². The summed E-state index contributed by atoms with van der Waals surface area (Å²) in [5, 5.41) is 0. The van der Waals surface area contributed by atoms with Crippen molar-refractivity contribution in [1.29, 1.82) is 0 Å². The summed E-state index contributed by atoms with van der Waals surface area (Å²) in [7, 11) is 0. The first-order chi connectivity index (χ1) is 14.3. The fourth-order valence-corrected chi connectivity index (χ4v) is 4.71. The maximum atomic E-state index is 4.04. The molecule has 0 saturated carbocycles. The highest BCUT2D eigenvalue weighted by Crippen LogP contribution is 2.23. The van der Waals surface area contributed by atoms with Crippen molar-refractivity contribution in [2.75, 3.05) is 0 Å². The van der Waals surface area contributed by atoms with Crippen molar-refractivity contribution in [3.8, 4) is 0 Å². The van der Waals surface area contributed by atoms with Gasteiger partial charge in [-0.05, 0) is 5.92 Å². The minimum atomic E-state index is 1.000. The Kier molecular flexibility index (Phi) is 26.0. The molecule has 0 aromatic rings. The minimum absolute atomic E-state index is 1.000. The van der Waals surface area contributed by atoms with Gasteiger partial charge in [0.2, 0.25) is 0 Å². The van der Waals surface area contributed by atoms with Crippen LogP contribution < -0.4 is 0 Å². The average Bonchev–Trinajstić information content (AvgIpc) is 2.73. The second kappa shape index (κ2) is 26.0. The van der Waals surface area contributed by atoms with Crippen molar-refractivity contribution in [2.45, 2.75) is 174 Å². The number of hydrogen-bond acceptors (Lipinski definition) is 0.